The number of aromatic nitrogens is 4. The first-order valence-electron chi connectivity index (χ1n) is 10.6. The first kappa shape index (κ1) is 19.7. The summed E-state index contributed by atoms with van der Waals surface area (Å²) < 4.78 is 18.9. The number of pyridine rings is 1. The molecule has 160 valence electrons. The Balaban J connectivity index is 1.38. The minimum Gasteiger partial charge on any atom is -0.477 e. The summed E-state index contributed by atoms with van der Waals surface area (Å²) in [5, 5.41) is 8.45. The minimum absolute atomic E-state index is 0.0214. The Hall–Kier alpha value is -3.29. The zero-order chi connectivity index (χ0) is 21.4. The van der Waals surface area contributed by atoms with Crippen LogP contribution in [0.4, 0.5) is 4.39 Å². The van der Waals surface area contributed by atoms with Gasteiger partial charge in [-0.2, -0.15) is 15.0 Å². The maximum Gasteiger partial charge on any atom is 0.256 e. The summed E-state index contributed by atoms with van der Waals surface area (Å²) in [4.78, 5) is 21.3. The molecule has 2 bridgehead atoms. The fourth-order valence-electron chi connectivity index (χ4n) is 4.88. The van der Waals surface area contributed by atoms with Crippen molar-refractivity contribution in [3.8, 4) is 11.6 Å². The molecule has 4 heterocycles. The van der Waals surface area contributed by atoms with Crippen LogP contribution < -0.4 is 4.74 Å². The summed E-state index contributed by atoms with van der Waals surface area (Å²) in [7, 11) is 0. The third kappa shape index (κ3) is 3.78. The first-order chi connectivity index (χ1) is 15.1. The number of aryl methyl sites for hydroxylation is 1. The third-order valence-corrected chi connectivity index (χ3v) is 6.36. The monoisotopic (exact) mass is 421 g/mol. The maximum absolute atomic E-state index is 13.7. The number of amides is 1. The number of carbonyl (C=O) groups is 1. The fraction of sp³-hybridized carbons (Fsp3) is 0.391. The molecular formula is C23H24FN5O2. The molecule has 1 amide bonds. The number of piperidine rings is 1. The van der Waals surface area contributed by atoms with E-state index in [0.29, 0.717) is 23.7 Å². The van der Waals surface area contributed by atoms with Gasteiger partial charge in [0.2, 0.25) is 5.88 Å². The summed E-state index contributed by atoms with van der Waals surface area (Å²) in [5.41, 5.74) is 2.33. The van der Waals surface area contributed by atoms with Gasteiger partial charge in [-0.15, -0.1) is 0 Å². The molecule has 3 atom stereocenters. The molecule has 2 aliphatic heterocycles. The van der Waals surface area contributed by atoms with Crippen molar-refractivity contribution in [1.29, 1.82) is 0 Å². The Labute approximate surface area is 179 Å². The summed E-state index contributed by atoms with van der Waals surface area (Å²) in [6.07, 6.45) is 8.28. The van der Waals surface area contributed by atoms with Gasteiger partial charge in [0.05, 0.1) is 36.4 Å². The van der Waals surface area contributed by atoms with Gasteiger partial charge in [-0.1, -0.05) is 11.6 Å². The van der Waals surface area contributed by atoms with Gasteiger partial charge < -0.3 is 9.64 Å². The molecular weight excluding hydrogens is 397 g/mol. The molecule has 2 aliphatic rings. The van der Waals surface area contributed by atoms with Crippen LogP contribution in [-0.2, 0) is 0 Å². The van der Waals surface area contributed by atoms with Gasteiger partial charge in [-0.3, -0.25) is 4.79 Å². The number of hydrogen-bond acceptors (Lipinski definition) is 5. The topological polar surface area (TPSA) is 73.1 Å². The SMILES string of the molecule is Cc1ccc(-n2nccn2)c(C(=O)N2C3CC[C@@H](COc4ccc(F)cn4)[C@@H]2CC3)c1. The predicted molar refractivity (Wildman–Crippen MR) is 111 cm³/mol. The van der Waals surface area contributed by atoms with Gasteiger partial charge in [0.25, 0.3) is 5.91 Å². The molecule has 2 saturated heterocycles. The highest BCUT2D eigenvalue weighted by molar-refractivity contribution is 5.98. The molecule has 8 heteroatoms. The molecule has 0 spiro atoms. The molecule has 31 heavy (non-hydrogen) atoms. The highest BCUT2D eigenvalue weighted by atomic mass is 19.1. The van der Waals surface area contributed by atoms with Crippen LogP contribution in [0, 0.1) is 18.7 Å². The molecule has 0 radical (unpaired) electrons. The highest BCUT2D eigenvalue weighted by Gasteiger charge is 2.45. The van der Waals surface area contributed by atoms with E-state index in [9.17, 15) is 9.18 Å². The van der Waals surface area contributed by atoms with E-state index in [1.54, 1.807) is 12.4 Å². The second-order valence-electron chi connectivity index (χ2n) is 8.31. The van der Waals surface area contributed by atoms with Crippen LogP contribution in [0.1, 0.15) is 41.6 Å². The van der Waals surface area contributed by atoms with E-state index >= 15 is 0 Å². The number of carbonyl (C=O) groups excluding carboxylic acids is 1. The van der Waals surface area contributed by atoms with Crippen LogP contribution in [0.15, 0.2) is 48.9 Å². The molecule has 7 nitrogen and oxygen atoms in total. The average molecular weight is 421 g/mol. The van der Waals surface area contributed by atoms with E-state index < -0.39 is 0 Å². The number of ether oxygens (including phenoxy) is 1. The Kier molecular flexibility index (Phi) is 5.13. The third-order valence-electron chi connectivity index (χ3n) is 6.36. The number of benzene rings is 1. The van der Waals surface area contributed by atoms with Crippen LogP contribution in [0.2, 0.25) is 0 Å². The lowest BCUT2D eigenvalue weighted by atomic mass is 9.90. The van der Waals surface area contributed by atoms with Crippen molar-refractivity contribution < 1.29 is 13.9 Å². The van der Waals surface area contributed by atoms with Crippen LogP contribution in [0.5, 0.6) is 5.88 Å². The minimum atomic E-state index is -0.388. The summed E-state index contributed by atoms with van der Waals surface area (Å²) >= 11 is 0. The zero-order valence-corrected chi connectivity index (χ0v) is 17.3. The lowest BCUT2D eigenvalue weighted by molar-refractivity contribution is 0.0402. The quantitative estimate of drug-likeness (QED) is 0.630. The molecule has 3 aromatic rings. The van der Waals surface area contributed by atoms with Gasteiger partial charge in [0.15, 0.2) is 0 Å². The smallest absolute Gasteiger partial charge is 0.256 e. The molecule has 0 saturated carbocycles. The van der Waals surface area contributed by atoms with Gasteiger partial charge in [-0.05, 0) is 50.8 Å². The Bertz CT molecular complexity index is 1070. The molecule has 0 N–H and O–H groups in total. The van der Waals surface area contributed by atoms with Crippen molar-refractivity contribution >= 4 is 5.91 Å². The number of fused-ring (bicyclic) bond motifs is 2. The Morgan fingerprint density at radius 3 is 2.71 bits per heavy atom. The van der Waals surface area contributed by atoms with Gasteiger partial charge in [-0.25, -0.2) is 9.37 Å². The molecule has 0 aliphatic carbocycles. The summed E-state index contributed by atoms with van der Waals surface area (Å²) in [6.45, 7) is 2.44. The summed E-state index contributed by atoms with van der Waals surface area (Å²) in [5.74, 6) is 0.255. The van der Waals surface area contributed by atoms with Crippen LogP contribution in [0.25, 0.3) is 5.69 Å². The molecule has 5 rings (SSSR count). The molecule has 2 aromatic heterocycles. The van der Waals surface area contributed by atoms with Crippen LogP contribution in [0.3, 0.4) is 0 Å². The van der Waals surface area contributed by atoms with E-state index in [1.165, 1.54) is 16.9 Å². The van der Waals surface area contributed by atoms with E-state index in [2.05, 4.69) is 20.1 Å². The van der Waals surface area contributed by atoms with E-state index in [1.807, 2.05) is 25.1 Å². The van der Waals surface area contributed by atoms with Gasteiger partial charge >= 0.3 is 0 Å². The van der Waals surface area contributed by atoms with Gasteiger partial charge in [0, 0.05) is 24.1 Å². The van der Waals surface area contributed by atoms with Crippen molar-refractivity contribution in [2.45, 2.75) is 44.7 Å². The standard InChI is InChI=1S/C23H24FN5O2/c1-15-2-7-21(29-26-10-11-27-29)19(12-15)23(30)28-18-5-3-16(20(28)8-6-18)14-31-22-9-4-17(24)13-25-22/h2,4,7,9-13,16,18,20H,3,5-6,8,14H2,1H3/t16-,18?,20-/m0/s1. The van der Waals surface area contributed by atoms with Crippen molar-refractivity contribution in [1.82, 2.24) is 24.9 Å². The first-order valence-corrected chi connectivity index (χ1v) is 10.6. The number of rotatable bonds is 5. The van der Waals surface area contributed by atoms with Crippen molar-refractivity contribution in [3.63, 3.8) is 0 Å². The normalized spacial score (nSPS) is 22.5. The van der Waals surface area contributed by atoms with E-state index in [4.69, 9.17) is 4.74 Å². The fourth-order valence-corrected chi connectivity index (χ4v) is 4.88. The lowest BCUT2D eigenvalue weighted by Crippen LogP contribution is -2.49. The van der Waals surface area contributed by atoms with E-state index in [0.717, 1.165) is 37.4 Å². The van der Waals surface area contributed by atoms with Gasteiger partial charge in [0.1, 0.15) is 5.82 Å². The Morgan fingerprint density at radius 2 is 1.94 bits per heavy atom. The highest BCUT2D eigenvalue weighted by Crippen LogP contribution is 2.40. The maximum atomic E-state index is 13.7. The molecule has 1 aromatic carbocycles. The van der Waals surface area contributed by atoms with Crippen LogP contribution in [-0.4, -0.2) is 49.5 Å². The van der Waals surface area contributed by atoms with Crippen molar-refractivity contribution in [3.05, 3.63) is 65.9 Å². The lowest BCUT2D eigenvalue weighted by Gasteiger charge is -2.40. The molecule has 1 unspecified atom stereocenters. The molecule has 2 fully saturated rings. The Morgan fingerprint density at radius 1 is 1.13 bits per heavy atom. The largest absolute Gasteiger partial charge is 0.477 e. The predicted octanol–water partition coefficient (Wildman–Crippen LogP) is 3.57. The van der Waals surface area contributed by atoms with Crippen molar-refractivity contribution in [2.75, 3.05) is 6.61 Å². The average Bonchev–Trinajstić information content (AvgIpc) is 3.41. The second-order valence-corrected chi connectivity index (χ2v) is 8.31. The summed E-state index contributed by atoms with van der Waals surface area (Å²) in [6, 6.07) is 9.02. The second kappa shape index (κ2) is 8.09. The number of hydrogen-bond donors (Lipinski definition) is 0. The van der Waals surface area contributed by atoms with Crippen molar-refractivity contribution in [2.24, 2.45) is 5.92 Å². The van der Waals surface area contributed by atoms with E-state index in [-0.39, 0.29) is 29.7 Å². The number of halogens is 1. The number of nitrogens with zero attached hydrogens (tertiary/aromatic N) is 5. The zero-order valence-electron chi connectivity index (χ0n) is 17.3. The van der Waals surface area contributed by atoms with Crippen LogP contribution >= 0.6 is 0 Å².